The van der Waals surface area contributed by atoms with Crippen LogP contribution in [0.3, 0.4) is 0 Å². The van der Waals surface area contributed by atoms with Crippen molar-refractivity contribution in [2.24, 2.45) is 5.41 Å². The summed E-state index contributed by atoms with van der Waals surface area (Å²) in [4.78, 5) is 11.0. The number of hydrogen-bond donors (Lipinski definition) is 1. The molecule has 0 saturated carbocycles. The standard InChI is InChI=1S/C11H11FO3/c12-9-3-1-8(2-4-9)5-11(10(13)14)6-15-7-11/h1-4H,5-7H2,(H,13,14). The van der Waals surface area contributed by atoms with Gasteiger partial charge in [-0.2, -0.15) is 0 Å². The van der Waals surface area contributed by atoms with Gasteiger partial charge in [0.15, 0.2) is 0 Å². The van der Waals surface area contributed by atoms with Crippen molar-refractivity contribution in [3.05, 3.63) is 35.6 Å². The molecule has 0 aromatic heterocycles. The highest BCUT2D eigenvalue weighted by molar-refractivity contribution is 5.76. The molecule has 80 valence electrons. The van der Waals surface area contributed by atoms with Crippen molar-refractivity contribution in [2.75, 3.05) is 13.2 Å². The van der Waals surface area contributed by atoms with Gasteiger partial charge in [0.05, 0.1) is 13.2 Å². The Morgan fingerprint density at radius 2 is 2.00 bits per heavy atom. The van der Waals surface area contributed by atoms with E-state index in [9.17, 15) is 9.18 Å². The summed E-state index contributed by atoms with van der Waals surface area (Å²) in [5, 5.41) is 9.05. The smallest absolute Gasteiger partial charge is 0.314 e. The van der Waals surface area contributed by atoms with E-state index in [0.717, 1.165) is 5.56 Å². The maximum absolute atomic E-state index is 12.6. The van der Waals surface area contributed by atoms with Crippen molar-refractivity contribution >= 4 is 5.97 Å². The molecule has 0 spiro atoms. The van der Waals surface area contributed by atoms with E-state index in [2.05, 4.69) is 0 Å². The Hall–Kier alpha value is -1.42. The van der Waals surface area contributed by atoms with Crippen LogP contribution >= 0.6 is 0 Å². The van der Waals surface area contributed by atoms with Crippen LogP contribution in [0.1, 0.15) is 5.56 Å². The van der Waals surface area contributed by atoms with Gasteiger partial charge in [0.1, 0.15) is 11.2 Å². The predicted molar refractivity (Wildman–Crippen MR) is 51.0 cm³/mol. The molecule has 4 heteroatoms. The van der Waals surface area contributed by atoms with E-state index in [4.69, 9.17) is 9.84 Å². The van der Waals surface area contributed by atoms with Crippen LogP contribution < -0.4 is 0 Å². The fourth-order valence-corrected chi connectivity index (χ4v) is 1.64. The maximum Gasteiger partial charge on any atom is 0.314 e. The summed E-state index contributed by atoms with van der Waals surface area (Å²) in [6, 6.07) is 5.89. The largest absolute Gasteiger partial charge is 0.481 e. The summed E-state index contributed by atoms with van der Waals surface area (Å²) in [5.74, 6) is -1.16. The number of carboxylic acids is 1. The molecule has 1 N–H and O–H groups in total. The molecule has 1 aromatic carbocycles. The lowest BCUT2D eigenvalue weighted by atomic mass is 9.80. The molecule has 1 aliphatic rings. The second kappa shape index (κ2) is 3.62. The zero-order valence-corrected chi connectivity index (χ0v) is 8.07. The molecule has 3 nitrogen and oxygen atoms in total. The number of halogens is 1. The van der Waals surface area contributed by atoms with Crippen LogP contribution in [-0.4, -0.2) is 24.3 Å². The fourth-order valence-electron chi connectivity index (χ4n) is 1.64. The Labute approximate surface area is 86.5 Å². The number of aliphatic carboxylic acids is 1. The van der Waals surface area contributed by atoms with Gasteiger partial charge in [0.25, 0.3) is 0 Å². The molecule has 1 fully saturated rings. The molecule has 1 saturated heterocycles. The maximum atomic E-state index is 12.6. The number of hydrogen-bond acceptors (Lipinski definition) is 2. The van der Waals surface area contributed by atoms with Crippen molar-refractivity contribution in [1.29, 1.82) is 0 Å². The van der Waals surface area contributed by atoms with Crippen LogP contribution in [0.2, 0.25) is 0 Å². The second-order valence-electron chi connectivity index (χ2n) is 3.88. The van der Waals surface area contributed by atoms with E-state index in [0.29, 0.717) is 6.42 Å². The minimum absolute atomic E-state index is 0.236. The summed E-state index contributed by atoms with van der Waals surface area (Å²) < 4.78 is 17.6. The quantitative estimate of drug-likeness (QED) is 0.821. The molecule has 15 heavy (non-hydrogen) atoms. The Bertz CT molecular complexity index is 368. The summed E-state index contributed by atoms with van der Waals surface area (Å²) in [7, 11) is 0. The van der Waals surface area contributed by atoms with Gasteiger partial charge in [0, 0.05) is 0 Å². The predicted octanol–water partition coefficient (Wildman–Crippen LogP) is 1.47. The normalized spacial score (nSPS) is 18.2. The topological polar surface area (TPSA) is 46.5 Å². The third-order valence-electron chi connectivity index (χ3n) is 2.67. The molecule has 0 atom stereocenters. The van der Waals surface area contributed by atoms with E-state index in [1.807, 2.05) is 0 Å². The minimum Gasteiger partial charge on any atom is -0.481 e. The van der Waals surface area contributed by atoms with E-state index in [-0.39, 0.29) is 19.0 Å². The van der Waals surface area contributed by atoms with Crippen LogP contribution in [0.4, 0.5) is 4.39 Å². The van der Waals surface area contributed by atoms with Gasteiger partial charge in [-0.3, -0.25) is 4.79 Å². The van der Waals surface area contributed by atoms with Crippen LogP contribution in [0.5, 0.6) is 0 Å². The van der Waals surface area contributed by atoms with Crippen LogP contribution in [0.15, 0.2) is 24.3 Å². The van der Waals surface area contributed by atoms with E-state index < -0.39 is 11.4 Å². The Morgan fingerprint density at radius 3 is 2.40 bits per heavy atom. The molecule has 1 heterocycles. The highest BCUT2D eigenvalue weighted by Gasteiger charge is 2.46. The van der Waals surface area contributed by atoms with Gasteiger partial charge in [-0.05, 0) is 24.1 Å². The van der Waals surface area contributed by atoms with E-state index in [1.54, 1.807) is 12.1 Å². The van der Waals surface area contributed by atoms with Gasteiger partial charge < -0.3 is 9.84 Å². The average molecular weight is 210 g/mol. The molecule has 0 amide bonds. The van der Waals surface area contributed by atoms with Gasteiger partial charge in [-0.25, -0.2) is 4.39 Å². The highest BCUT2D eigenvalue weighted by Crippen LogP contribution is 2.32. The minimum atomic E-state index is -0.849. The highest BCUT2D eigenvalue weighted by atomic mass is 19.1. The van der Waals surface area contributed by atoms with Gasteiger partial charge in [0.2, 0.25) is 0 Å². The van der Waals surface area contributed by atoms with E-state index in [1.165, 1.54) is 12.1 Å². The fraction of sp³-hybridized carbons (Fsp3) is 0.364. The Balaban J connectivity index is 2.13. The molecule has 0 aliphatic carbocycles. The molecule has 2 rings (SSSR count). The summed E-state index contributed by atoms with van der Waals surface area (Å²) >= 11 is 0. The number of benzene rings is 1. The van der Waals surface area contributed by atoms with Crippen LogP contribution in [-0.2, 0) is 16.0 Å². The number of carbonyl (C=O) groups is 1. The average Bonchev–Trinajstić information content (AvgIpc) is 2.13. The number of rotatable bonds is 3. The molecular weight excluding hydrogens is 199 g/mol. The molecule has 0 unspecified atom stereocenters. The lowest BCUT2D eigenvalue weighted by Crippen LogP contribution is -2.50. The molecule has 0 radical (unpaired) electrons. The molecule has 0 bridgehead atoms. The lowest BCUT2D eigenvalue weighted by molar-refractivity contribution is -0.179. The number of carboxylic acid groups (broad SMARTS) is 1. The van der Waals surface area contributed by atoms with Crippen LogP contribution in [0, 0.1) is 11.2 Å². The first kappa shape index (κ1) is 10.1. The van der Waals surface area contributed by atoms with Crippen molar-refractivity contribution < 1.29 is 19.0 Å². The summed E-state index contributed by atoms with van der Waals surface area (Å²) in [6.45, 7) is 0.472. The third kappa shape index (κ3) is 1.85. The van der Waals surface area contributed by atoms with E-state index >= 15 is 0 Å². The molecule has 1 aliphatic heterocycles. The van der Waals surface area contributed by atoms with Gasteiger partial charge >= 0.3 is 5.97 Å². The van der Waals surface area contributed by atoms with Crippen molar-refractivity contribution in [2.45, 2.75) is 6.42 Å². The van der Waals surface area contributed by atoms with Crippen molar-refractivity contribution in [3.8, 4) is 0 Å². The lowest BCUT2D eigenvalue weighted by Gasteiger charge is -2.37. The summed E-state index contributed by atoms with van der Waals surface area (Å²) in [6.07, 6.45) is 0.391. The zero-order chi connectivity index (χ0) is 10.9. The second-order valence-corrected chi connectivity index (χ2v) is 3.88. The van der Waals surface area contributed by atoms with Crippen LogP contribution in [0.25, 0.3) is 0 Å². The SMILES string of the molecule is O=C(O)C1(Cc2ccc(F)cc2)COC1. The zero-order valence-electron chi connectivity index (χ0n) is 8.07. The van der Waals surface area contributed by atoms with Crippen molar-refractivity contribution in [3.63, 3.8) is 0 Å². The Morgan fingerprint density at radius 1 is 1.40 bits per heavy atom. The molecular formula is C11H11FO3. The summed E-state index contributed by atoms with van der Waals surface area (Å²) in [5.41, 5.74) is 0.0137. The van der Waals surface area contributed by atoms with Gasteiger partial charge in [-0.15, -0.1) is 0 Å². The number of ether oxygens (including phenoxy) is 1. The molecule has 1 aromatic rings. The Kier molecular flexibility index (Phi) is 2.44. The monoisotopic (exact) mass is 210 g/mol. The first-order valence-electron chi connectivity index (χ1n) is 4.68. The third-order valence-corrected chi connectivity index (χ3v) is 2.67. The first-order valence-corrected chi connectivity index (χ1v) is 4.68. The van der Waals surface area contributed by atoms with Crippen molar-refractivity contribution in [1.82, 2.24) is 0 Å². The first-order chi connectivity index (χ1) is 7.12. The van der Waals surface area contributed by atoms with Gasteiger partial charge in [-0.1, -0.05) is 12.1 Å².